The van der Waals surface area contributed by atoms with Crippen molar-refractivity contribution in [3.05, 3.63) is 29.6 Å². The van der Waals surface area contributed by atoms with Gasteiger partial charge in [0.15, 0.2) is 5.16 Å². The number of benzene rings is 1. The molecule has 1 amide bonds. The van der Waals surface area contributed by atoms with Crippen LogP contribution in [0.15, 0.2) is 28.3 Å². The Morgan fingerprint density at radius 2 is 2.21 bits per heavy atom. The quantitative estimate of drug-likeness (QED) is 0.627. The first-order chi connectivity index (χ1) is 11.6. The summed E-state index contributed by atoms with van der Waals surface area (Å²) >= 11 is 2.52. The largest absolute Gasteiger partial charge is 0.325 e. The van der Waals surface area contributed by atoms with Crippen molar-refractivity contribution in [3.63, 3.8) is 0 Å². The fourth-order valence-electron chi connectivity index (χ4n) is 2.41. The summed E-state index contributed by atoms with van der Waals surface area (Å²) in [6.45, 7) is 3.86. The average Bonchev–Trinajstić information content (AvgIpc) is 3.31. The second-order valence-corrected chi connectivity index (χ2v) is 7.44. The third-order valence-electron chi connectivity index (χ3n) is 3.71. The number of hydrogen-bond acceptors (Lipinski definition) is 6. The van der Waals surface area contributed by atoms with E-state index in [1.165, 1.54) is 11.8 Å². The van der Waals surface area contributed by atoms with E-state index in [0.29, 0.717) is 11.8 Å². The third-order valence-corrected chi connectivity index (χ3v) is 5.24. The van der Waals surface area contributed by atoms with Crippen molar-refractivity contribution in [2.45, 2.75) is 42.8 Å². The molecule has 0 radical (unpaired) electrons. The number of carbonyl (C=O) groups is 1. The zero-order valence-electron chi connectivity index (χ0n) is 13.4. The zero-order chi connectivity index (χ0) is 17.1. The maximum Gasteiger partial charge on any atom is 0.234 e. The van der Waals surface area contributed by atoms with Crippen LogP contribution in [0.4, 0.5) is 5.69 Å². The van der Waals surface area contributed by atoms with E-state index >= 15 is 0 Å². The fourth-order valence-corrected chi connectivity index (χ4v) is 3.74. The van der Waals surface area contributed by atoms with E-state index in [1.807, 2.05) is 37.4 Å². The highest BCUT2D eigenvalue weighted by Gasteiger charge is 2.28. The Morgan fingerprint density at radius 3 is 2.88 bits per heavy atom. The van der Waals surface area contributed by atoms with Gasteiger partial charge in [-0.25, -0.2) is 0 Å². The number of anilines is 1. The molecule has 0 unspecified atom stereocenters. The van der Waals surface area contributed by atoms with Crippen LogP contribution in [0.1, 0.15) is 30.3 Å². The molecule has 3 rings (SSSR count). The van der Waals surface area contributed by atoms with Crippen molar-refractivity contribution in [1.82, 2.24) is 14.8 Å². The molecule has 1 heterocycles. The first-order valence-corrected chi connectivity index (χ1v) is 9.39. The molecule has 1 N–H and O–H groups in total. The molecule has 0 aliphatic heterocycles. The molecule has 1 aromatic carbocycles. The maximum atomic E-state index is 12.2. The van der Waals surface area contributed by atoms with Crippen LogP contribution in [0.2, 0.25) is 0 Å². The summed E-state index contributed by atoms with van der Waals surface area (Å²) in [6.07, 6.45) is 2.32. The molecule has 1 saturated carbocycles. The number of carbonyl (C=O) groups excluding carboxylic acids is 1. The van der Waals surface area contributed by atoms with Crippen LogP contribution < -0.4 is 5.32 Å². The molecule has 0 saturated heterocycles. The second-order valence-electron chi connectivity index (χ2n) is 5.64. The van der Waals surface area contributed by atoms with Gasteiger partial charge in [-0.3, -0.25) is 4.79 Å². The monoisotopic (exact) mass is 359 g/mol. The minimum absolute atomic E-state index is 0.0770. The van der Waals surface area contributed by atoms with Gasteiger partial charge in [-0.1, -0.05) is 11.8 Å². The smallest absolute Gasteiger partial charge is 0.234 e. The van der Waals surface area contributed by atoms with Crippen molar-refractivity contribution in [2.24, 2.45) is 0 Å². The minimum atomic E-state index is -0.0770. The van der Waals surface area contributed by atoms with Gasteiger partial charge in [-0.2, -0.15) is 5.26 Å². The number of aryl methyl sites for hydroxylation is 2. The van der Waals surface area contributed by atoms with Gasteiger partial charge in [0.05, 0.1) is 5.75 Å². The van der Waals surface area contributed by atoms with E-state index in [9.17, 15) is 4.79 Å². The lowest BCUT2D eigenvalue weighted by Crippen LogP contribution is -2.15. The predicted octanol–water partition coefficient (Wildman–Crippen LogP) is 3.53. The highest BCUT2D eigenvalue weighted by molar-refractivity contribution is 8.03. The van der Waals surface area contributed by atoms with Gasteiger partial charge < -0.3 is 9.88 Å². The topological polar surface area (TPSA) is 83.6 Å². The van der Waals surface area contributed by atoms with E-state index in [-0.39, 0.29) is 5.91 Å². The van der Waals surface area contributed by atoms with E-state index < -0.39 is 0 Å². The molecule has 0 atom stereocenters. The lowest BCUT2D eigenvalue weighted by Gasteiger charge is -2.09. The Balaban J connectivity index is 1.59. The summed E-state index contributed by atoms with van der Waals surface area (Å²) in [4.78, 5) is 13.1. The number of rotatable bonds is 6. The van der Waals surface area contributed by atoms with E-state index in [1.54, 1.807) is 0 Å². The lowest BCUT2D eigenvalue weighted by atomic mass is 10.2. The van der Waals surface area contributed by atoms with Crippen LogP contribution in [-0.2, 0) is 4.79 Å². The normalized spacial score (nSPS) is 13.5. The molecule has 24 heavy (non-hydrogen) atoms. The SMILES string of the molecule is Cc1cc(SC#N)ccc1NC(=O)CSc1nnc(C)n1C1CC1. The van der Waals surface area contributed by atoms with Gasteiger partial charge in [0.1, 0.15) is 11.2 Å². The lowest BCUT2D eigenvalue weighted by molar-refractivity contribution is -0.113. The van der Waals surface area contributed by atoms with Gasteiger partial charge in [0.2, 0.25) is 5.91 Å². The highest BCUT2D eigenvalue weighted by Crippen LogP contribution is 2.38. The second kappa shape index (κ2) is 7.28. The molecule has 1 aliphatic carbocycles. The van der Waals surface area contributed by atoms with Gasteiger partial charge in [-0.15, -0.1) is 10.2 Å². The fraction of sp³-hybridized carbons (Fsp3) is 0.375. The maximum absolute atomic E-state index is 12.2. The Bertz CT molecular complexity index is 807. The summed E-state index contributed by atoms with van der Waals surface area (Å²) in [5.74, 6) is 1.12. The Kier molecular flexibility index (Phi) is 5.11. The van der Waals surface area contributed by atoms with Crippen LogP contribution in [0.5, 0.6) is 0 Å². The van der Waals surface area contributed by atoms with Crippen LogP contribution >= 0.6 is 23.5 Å². The molecule has 1 aliphatic rings. The van der Waals surface area contributed by atoms with E-state index in [0.717, 1.165) is 51.7 Å². The molecule has 6 nitrogen and oxygen atoms in total. The number of nitrogens with one attached hydrogen (secondary N) is 1. The van der Waals surface area contributed by atoms with Crippen molar-refractivity contribution in [2.75, 3.05) is 11.1 Å². The van der Waals surface area contributed by atoms with E-state index in [4.69, 9.17) is 5.26 Å². The number of hydrogen-bond donors (Lipinski definition) is 1. The molecule has 0 spiro atoms. The van der Waals surface area contributed by atoms with Gasteiger partial charge >= 0.3 is 0 Å². The van der Waals surface area contributed by atoms with Crippen LogP contribution in [0, 0.1) is 24.5 Å². The van der Waals surface area contributed by atoms with Gasteiger partial charge in [-0.05, 0) is 62.2 Å². The molecule has 1 aromatic heterocycles. The molecule has 2 aromatic rings. The number of nitrogens with zero attached hydrogens (tertiary/aromatic N) is 4. The number of thiocyanates is 1. The summed E-state index contributed by atoms with van der Waals surface area (Å²) in [5.41, 5.74) is 1.70. The van der Waals surface area contributed by atoms with Gasteiger partial charge in [0, 0.05) is 16.6 Å². The van der Waals surface area contributed by atoms with E-state index in [2.05, 4.69) is 20.1 Å². The summed E-state index contributed by atoms with van der Waals surface area (Å²) < 4.78 is 2.12. The zero-order valence-corrected chi connectivity index (χ0v) is 15.1. The van der Waals surface area contributed by atoms with Crippen LogP contribution in [0.3, 0.4) is 0 Å². The molecule has 0 bridgehead atoms. The molecule has 8 heteroatoms. The molecular weight excluding hydrogens is 342 g/mol. The Hall–Kier alpha value is -1.98. The third kappa shape index (κ3) is 3.91. The minimum Gasteiger partial charge on any atom is -0.325 e. The average molecular weight is 359 g/mol. The Morgan fingerprint density at radius 1 is 1.42 bits per heavy atom. The Labute approximate surface area is 149 Å². The molecule has 1 fully saturated rings. The summed E-state index contributed by atoms with van der Waals surface area (Å²) in [5, 5.41) is 22.7. The number of amides is 1. The standard InChI is InChI=1S/C16H17N5OS2/c1-10-7-13(24-9-17)5-6-14(10)18-15(22)8-23-16-20-19-11(2)21(16)12-3-4-12/h5-7,12H,3-4,8H2,1-2H3,(H,18,22). The number of thioether (sulfide) groups is 2. The highest BCUT2D eigenvalue weighted by atomic mass is 32.2. The van der Waals surface area contributed by atoms with Crippen molar-refractivity contribution in [3.8, 4) is 5.40 Å². The molecule has 124 valence electrons. The molecular formula is C16H17N5OS2. The number of aromatic nitrogens is 3. The van der Waals surface area contributed by atoms with Crippen molar-refractivity contribution >= 4 is 35.1 Å². The van der Waals surface area contributed by atoms with Crippen molar-refractivity contribution < 1.29 is 4.79 Å². The predicted molar refractivity (Wildman–Crippen MR) is 95.0 cm³/mol. The first-order valence-electron chi connectivity index (χ1n) is 7.59. The van der Waals surface area contributed by atoms with Crippen molar-refractivity contribution in [1.29, 1.82) is 5.26 Å². The first kappa shape index (κ1) is 16.9. The van der Waals surface area contributed by atoms with Crippen LogP contribution in [0.25, 0.3) is 0 Å². The van der Waals surface area contributed by atoms with Gasteiger partial charge in [0.25, 0.3) is 0 Å². The number of nitriles is 1. The van der Waals surface area contributed by atoms with Crippen LogP contribution in [-0.4, -0.2) is 26.4 Å². The summed E-state index contributed by atoms with van der Waals surface area (Å²) in [6, 6.07) is 6.05. The summed E-state index contributed by atoms with van der Waals surface area (Å²) in [7, 11) is 0.